The molecule has 1 fully saturated rings. The molecule has 1 saturated heterocycles. The van der Waals surface area contributed by atoms with Crippen LogP contribution in [0.5, 0.6) is 17.2 Å². The molecule has 0 radical (unpaired) electrons. The van der Waals surface area contributed by atoms with E-state index in [9.17, 15) is 9.59 Å². The largest absolute Gasteiger partial charge is 0.489 e. The third kappa shape index (κ3) is 4.13. The first kappa shape index (κ1) is 23.7. The number of carbonyl (C=O) groups is 1. The van der Waals surface area contributed by atoms with Crippen molar-refractivity contribution in [2.45, 2.75) is 25.5 Å². The Labute approximate surface area is 218 Å². The van der Waals surface area contributed by atoms with Gasteiger partial charge in [0.05, 0.1) is 17.2 Å². The van der Waals surface area contributed by atoms with E-state index in [-0.39, 0.29) is 30.2 Å². The highest BCUT2D eigenvalue weighted by Crippen LogP contribution is 2.33. The maximum Gasteiger partial charge on any atom is 0.334 e. The van der Waals surface area contributed by atoms with Crippen LogP contribution in [0.2, 0.25) is 0 Å². The smallest absolute Gasteiger partial charge is 0.334 e. The predicted octanol–water partition coefficient (Wildman–Crippen LogP) is 3.43. The molecule has 2 aromatic heterocycles. The minimum absolute atomic E-state index is 0.135. The fraction of sp³-hybridized carbons (Fsp3) is 0.250. The number of fused-ring (bicyclic) bond motifs is 2. The van der Waals surface area contributed by atoms with Crippen LogP contribution in [-0.4, -0.2) is 44.8 Å². The zero-order valence-electron chi connectivity index (χ0n) is 20.7. The normalized spacial score (nSPS) is 16.5. The van der Waals surface area contributed by atoms with E-state index in [1.54, 1.807) is 26.3 Å². The Kier molecular flexibility index (Phi) is 5.99. The number of piperidine rings is 1. The number of anilines is 1. The van der Waals surface area contributed by atoms with E-state index < -0.39 is 0 Å². The summed E-state index contributed by atoms with van der Waals surface area (Å²) >= 11 is 0. The molecule has 38 heavy (non-hydrogen) atoms. The lowest BCUT2D eigenvalue weighted by Gasteiger charge is -2.32. The number of benzene rings is 2. The minimum Gasteiger partial charge on any atom is -0.489 e. The second-order valence-electron chi connectivity index (χ2n) is 9.31. The summed E-state index contributed by atoms with van der Waals surface area (Å²) in [4.78, 5) is 32.1. The molecule has 1 amide bonds. The topological polar surface area (TPSA) is 114 Å². The first-order chi connectivity index (χ1) is 18.5. The number of nitrogen functional groups attached to an aromatic ring is 1. The summed E-state index contributed by atoms with van der Waals surface area (Å²) < 4.78 is 20.1. The summed E-state index contributed by atoms with van der Waals surface area (Å²) in [7, 11) is 0. The number of nitrogens with zero attached hydrogens (tertiary/aromatic N) is 4. The molecule has 2 aliphatic heterocycles. The van der Waals surface area contributed by atoms with E-state index in [2.05, 4.69) is 11.6 Å². The van der Waals surface area contributed by atoms with Gasteiger partial charge in [0.15, 0.2) is 11.5 Å². The maximum atomic E-state index is 13.8. The molecule has 0 bridgehead atoms. The van der Waals surface area contributed by atoms with Crippen LogP contribution >= 0.6 is 0 Å². The number of aromatic nitrogens is 3. The number of hydrogen-bond acceptors (Lipinski definition) is 7. The van der Waals surface area contributed by atoms with E-state index in [0.717, 1.165) is 24.2 Å². The average Bonchev–Trinajstić information content (AvgIpc) is 3.54. The van der Waals surface area contributed by atoms with Gasteiger partial charge in [-0.25, -0.2) is 9.78 Å². The molecule has 2 N–H and O–H groups in total. The molecule has 4 heterocycles. The van der Waals surface area contributed by atoms with Crippen molar-refractivity contribution < 1.29 is 19.0 Å². The Morgan fingerprint density at radius 3 is 2.79 bits per heavy atom. The highest BCUT2D eigenvalue weighted by atomic mass is 16.7. The van der Waals surface area contributed by atoms with Crippen molar-refractivity contribution in [2.24, 2.45) is 0 Å². The number of rotatable bonds is 6. The van der Waals surface area contributed by atoms with Crippen LogP contribution in [0.15, 0.2) is 72.2 Å². The molecule has 6 rings (SSSR count). The third-order valence-electron chi connectivity index (χ3n) is 7.00. The van der Waals surface area contributed by atoms with Crippen LogP contribution < -0.4 is 25.6 Å². The SMILES string of the molecule is C=CC(=O)N1CCC[C@@H](n2c(=O)n(-c3ccc(OCc4ccc5c(c4)OCO5)cc3)c3c(N)nccc32)C1. The molecule has 0 unspecified atom stereocenters. The van der Waals surface area contributed by atoms with E-state index in [4.69, 9.17) is 19.9 Å². The molecule has 4 aromatic rings. The molecule has 194 valence electrons. The van der Waals surface area contributed by atoms with Crippen LogP contribution in [0.25, 0.3) is 16.7 Å². The second-order valence-corrected chi connectivity index (χ2v) is 9.31. The minimum atomic E-state index is -0.230. The van der Waals surface area contributed by atoms with Crippen molar-refractivity contribution in [3.8, 4) is 22.9 Å². The third-order valence-corrected chi connectivity index (χ3v) is 7.00. The Balaban J connectivity index is 1.30. The van der Waals surface area contributed by atoms with Crippen LogP contribution in [0.4, 0.5) is 5.82 Å². The number of pyridine rings is 1. The number of imidazole rings is 1. The van der Waals surface area contributed by atoms with Crippen molar-refractivity contribution in [2.75, 3.05) is 25.6 Å². The van der Waals surface area contributed by atoms with Gasteiger partial charge < -0.3 is 24.8 Å². The second kappa shape index (κ2) is 9.62. The van der Waals surface area contributed by atoms with Gasteiger partial charge in [-0.1, -0.05) is 12.6 Å². The lowest BCUT2D eigenvalue weighted by molar-refractivity contribution is -0.127. The summed E-state index contributed by atoms with van der Waals surface area (Å²) in [5.41, 5.74) is 8.87. The number of amides is 1. The first-order valence-corrected chi connectivity index (χ1v) is 12.4. The molecular formula is C28H27N5O5. The summed E-state index contributed by atoms with van der Waals surface area (Å²) in [6.45, 7) is 5.25. The Morgan fingerprint density at radius 2 is 1.97 bits per heavy atom. The summed E-state index contributed by atoms with van der Waals surface area (Å²) in [6, 6.07) is 14.6. The number of carbonyl (C=O) groups excluding carboxylic acids is 1. The van der Waals surface area contributed by atoms with E-state index in [1.807, 2.05) is 42.5 Å². The number of hydrogen-bond donors (Lipinski definition) is 1. The van der Waals surface area contributed by atoms with Gasteiger partial charge in [-0.3, -0.25) is 13.9 Å². The molecule has 1 atom stereocenters. The van der Waals surface area contributed by atoms with Crippen LogP contribution in [0.1, 0.15) is 24.4 Å². The van der Waals surface area contributed by atoms with E-state index in [0.29, 0.717) is 47.9 Å². The molecule has 0 aliphatic carbocycles. The lowest BCUT2D eigenvalue weighted by Crippen LogP contribution is -2.42. The molecule has 2 aromatic carbocycles. The van der Waals surface area contributed by atoms with E-state index in [1.165, 1.54) is 6.08 Å². The molecular weight excluding hydrogens is 486 g/mol. The highest BCUT2D eigenvalue weighted by Gasteiger charge is 2.28. The fourth-order valence-corrected chi connectivity index (χ4v) is 5.17. The van der Waals surface area contributed by atoms with Gasteiger partial charge in [0.2, 0.25) is 12.7 Å². The summed E-state index contributed by atoms with van der Waals surface area (Å²) in [5.74, 6) is 2.21. The maximum absolute atomic E-state index is 13.8. The number of ether oxygens (including phenoxy) is 3. The summed E-state index contributed by atoms with van der Waals surface area (Å²) in [6.07, 6.45) is 4.47. The number of likely N-dealkylation sites (tertiary alicyclic amines) is 1. The van der Waals surface area contributed by atoms with Crippen molar-refractivity contribution in [3.63, 3.8) is 0 Å². The van der Waals surface area contributed by atoms with Crippen molar-refractivity contribution in [3.05, 3.63) is 83.4 Å². The van der Waals surface area contributed by atoms with Crippen LogP contribution in [0, 0.1) is 0 Å². The molecule has 0 spiro atoms. The standard InChI is InChI=1S/C28H27N5O5/c1-2-25(34)31-13-3-4-20(15-31)32-22-11-12-30-27(29)26(22)33(28(32)35)19-6-8-21(9-7-19)36-16-18-5-10-23-24(14-18)38-17-37-23/h2,5-12,14,20H,1,3-4,13,15-17H2,(H2,29,30)/t20-/m1/s1. The van der Waals surface area contributed by atoms with Gasteiger partial charge in [0, 0.05) is 19.3 Å². The predicted molar refractivity (Wildman–Crippen MR) is 142 cm³/mol. The zero-order valence-corrected chi connectivity index (χ0v) is 20.7. The van der Waals surface area contributed by atoms with Gasteiger partial charge in [0.1, 0.15) is 23.7 Å². The zero-order chi connectivity index (χ0) is 26.2. The average molecular weight is 514 g/mol. The van der Waals surface area contributed by atoms with Crippen molar-refractivity contribution >= 4 is 22.8 Å². The van der Waals surface area contributed by atoms with Gasteiger partial charge in [0.25, 0.3) is 0 Å². The van der Waals surface area contributed by atoms with Gasteiger partial charge in [-0.05, 0) is 66.9 Å². The van der Waals surface area contributed by atoms with Gasteiger partial charge in [-0.2, -0.15) is 0 Å². The Bertz CT molecular complexity index is 1590. The lowest BCUT2D eigenvalue weighted by atomic mass is 10.1. The summed E-state index contributed by atoms with van der Waals surface area (Å²) in [5, 5.41) is 0. The highest BCUT2D eigenvalue weighted by molar-refractivity contribution is 5.88. The molecule has 0 saturated carbocycles. The van der Waals surface area contributed by atoms with Crippen LogP contribution in [-0.2, 0) is 11.4 Å². The Morgan fingerprint density at radius 1 is 1.16 bits per heavy atom. The van der Waals surface area contributed by atoms with Crippen molar-refractivity contribution in [1.82, 2.24) is 19.0 Å². The Hall–Kier alpha value is -4.73. The quantitative estimate of drug-likeness (QED) is 0.393. The van der Waals surface area contributed by atoms with Crippen LogP contribution in [0.3, 0.4) is 0 Å². The molecule has 10 heteroatoms. The van der Waals surface area contributed by atoms with Gasteiger partial charge in [-0.15, -0.1) is 0 Å². The molecule has 10 nitrogen and oxygen atoms in total. The number of nitrogens with two attached hydrogens (primary N) is 1. The van der Waals surface area contributed by atoms with Crippen molar-refractivity contribution in [1.29, 1.82) is 0 Å². The molecule has 2 aliphatic rings. The van der Waals surface area contributed by atoms with Gasteiger partial charge >= 0.3 is 5.69 Å². The first-order valence-electron chi connectivity index (χ1n) is 12.4. The monoisotopic (exact) mass is 513 g/mol. The van der Waals surface area contributed by atoms with E-state index >= 15 is 0 Å². The fourth-order valence-electron chi connectivity index (χ4n) is 5.17.